The lowest BCUT2D eigenvalue weighted by atomic mass is 9.66. The lowest BCUT2D eigenvalue weighted by Crippen LogP contribution is -2.37. The molecule has 0 N–H and O–H groups in total. The molecule has 0 radical (unpaired) electrons. The Kier molecular flexibility index (Phi) is 8.32. The van der Waals surface area contributed by atoms with Gasteiger partial charge in [-0.1, -0.05) is 127 Å². The van der Waals surface area contributed by atoms with Crippen LogP contribution in [0.2, 0.25) is 0 Å². The van der Waals surface area contributed by atoms with Gasteiger partial charge >= 0.3 is 0 Å². The van der Waals surface area contributed by atoms with Crippen molar-refractivity contribution >= 4 is 62.2 Å². The van der Waals surface area contributed by atoms with Crippen molar-refractivity contribution in [3.63, 3.8) is 0 Å². The highest BCUT2D eigenvalue weighted by molar-refractivity contribution is 5.98. The molecule has 292 valence electrons. The van der Waals surface area contributed by atoms with Crippen LogP contribution in [-0.4, -0.2) is 9.97 Å². The Hall–Kier alpha value is -8.28. The third-order valence-electron chi connectivity index (χ3n) is 12.4. The van der Waals surface area contributed by atoms with E-state index in [1.165, 1.54) is 0 Å². The molecule has 62 heavy (non-hydrogen) atoms. The highest BCUT2D eigenvalue weighted by Crippen LogP contribution is 2.64. The zero-order valence-electron chi connectivity index (χ0n) is 33.8. The maximum Gasteiger partial charge on any atom is 0.0944 e. The quantitative estimate of drug-likeness (QED) is 0.161. The second kappa shape index (κ2) is 14.5. The number of fused-ring (bicyclic) bond motifs is 10. The molecule has 0 unspecified atom stereocenters. The molecule has 9 aromatic carbocycles. The molecule has 5 heteroatoms. The number of anilines is 9. The van der Waals surface area contributed by atoms with Crippen molar-refractivity contribution in [2.75, 3.05) is 14.7 Å². The maximum atomic E-state index is 5.72. The Balaban J connectivity index is 1.23. The summed E-state index contributed by atoms with van der Waals surface area (Å²) >= 11 is 0. The van der Waals surface area contributed by atoms with E-state index in [4.69, 9.17) is 9.97 Å². The van der Waals surface area contributed by atoms with E-state index < -0.39 is 5.41 Å². The van der Waals surface area contributed by atoms with Gasteiger partial charge in [-0.05, 0) is 126 Å². The first-order chi connectivity index (χ1) is 30.8. The van der Waals surface area contributed by atoms with E-state index in [1.807, 2.05) is 6.07 Å². The second-order valence-electron chi connectivity index (χ2n) is 15.8. The Morgan fingerprint density at radius 1 is 0.339 bits per heavy atom. The largest absolute Gasteiger partial charge is 0.310 e. The molecule has 12 rings (SSSR count). The van der Waals surface area contributed by atoms with E-state index in [0.29, 0.717) is 0 Å². The van der Waals surface area contributed by atoms with E-state index >= 15 is 0 Å². The standard InChI is InChI=1S/C57H39N5/c1-6-20-40(21-7-1)60(41-22-8-2-9-23-41)45-34-36-53-49(38-45)57(48-31-17-16-30-47(48)55-56(57)59-52-33-19-18-32-51(52)58-55)50-39-46(35-37-54(50)62(53)44-28-14-5-15-29-44)61(42-24-10-3-11-25-42)43-26-12-4-13-27-43/h1-39H. The fourth-order valence-electron chi connectivity index (χ4n) is 9.79. The first kappa shape index (κ1) is 35.6. The van der Waals surface area contributed by atoms with Crippen LogP contribution in [0.4, 0.5) is 51.2 Å². The SMILES string of the molecule is c1ccc(N(c2ccccc2)c2ccc3c(c2)C2(c4ccccc4-c4nc5ccccc5nc42)c2cc(N(c4ccccc4)c4ccccc4)ccc2N3c2ccccc2)cc1. The van der Waals surface area contributed by atoms with Crippen molar-refractivity contribution in [3.05, 3.63) is 259 Å². The molecule has 2 heterocycles. The number of hydrogen-bond acceptors (Lipinski definition) is 5. The molecule has 2 aliphatic rings. The Morgan fingerprint density at radius 2 is 0.742 bits per heavy atom. The van der Waals surface area contributed by atoms with E-state index in [9.17, 15) is 0 Å². The number of hydrogen-bond donors (Lipinski definition) is 0. The van der Waals surface area contributed by atoms with Gasteiger partial charge in [0.05, 0.1) is 39.2 Å². The molecule has 0 atom stereocenters. The molecular weight excluding hydrogens is 755 g/mol. The van der Waals surface area contributed by atoms with Crippen molar-refractivity contribution in [2.24, 2.45) is 0 Å². The zero-order valence-corrected chi connectivity index (χ0v) is 33.8. The van der Waals surface area contributed by atoms with E-state index in [2.05, 4.69) is 245 Å². The molecule has 1 spiro atoms. The Morgan fingerprint density at radius 3 is 1.23 bits per heavy atom. The van der Waals surface area contributed by atoms with Gasteiger partial charge in [0.25, 0.3) is 0 Å². The number of aromatic nitrogens is 2. The topological polar surface area (TPSA) is 35.5 Å². The Labute approximate surface area is 361 Å². The van der Waals surface area contributed by atoms with Crippen LogP contribution in [0.3, 0.4) is 0 Å². The summed E-state index contributed by atoms with van der Waals surface area (Å²) in [6.07, 6.45) is 0. The number of rotatable bonds is 7. The van der Waals surface area contributed by atoms with Crippen LogP contribution >= 0.6 is 0 Å². The molecule has 10 aromatic rings. The minimum atomic E-state index is -0.872. The van der Waals surface area contributed by atoms with Gasteiger partial charge in [0, 0.05) is 45.4 Å². The van der Waals surface area contributed by atoms with Crippen LogP contribution in [0, 0.1) is 0 Å². The molecule has 0 saturated heterocycles. The van der Waals surface area contributed by atoms with Crippen molar-refractivity contribution in [3.8, 4) is 11.3 Å². The van der Waals surface area contributed by atoms with Crippen molar-refractivity contribution in [1.82, 2.24) is 9.97 Å². The van der Waals surface area contributed by atoms with Crippen LogP contribution in [0.25, 0.3) is 22.3 Å². The fraction of sp³-hybridized carbons (Fsp3) is 0.0175. The van der Waals surface area contributed by atoms with Crippen LogP contribution in [0.1, 0.15) is 22.4 Å². The van der Waals surface area contributed by atoms with Crippen LogP contribution < -0.4 is 14.7 Å². The minimum Gasteiger partial charge on any atom is -0.310 e. The van der Waals surface area contributed by atoms with Gasteiger partial charge in [-0.3, -0.25) is 0 Å². The van der Waals surface area contributed by atoms with Gasteiger partial charge in [-0.2, -0.15) is 0 Å². The zero-order chi connectivity index (χ0) is 41.0. The molecule has 0 bridgehead atoms. The molecule has 0 saturated carbocycles. The van der Waals surface area contributed by atoms with Gasteiger partial charge in [-0.15, -0.1) is 0 Å². The smallest absolute Gasteiger partial charge is 0.0944 e. The number of para-hydroxylation sites is 7. The fourth-order valence-corrected chi connectivity index (χ4v) is 9.79. The summed E-state index contributed by atoms with van der Waals surface area (Å²) in [5.74, 6) is 0. The highest BCUT2D eigenvalue weighted by Gasteiger charge is 2.54. The predicted octanol–water partition coefficient (Wildman–Crippen LogP) is 14.7. The summed E-state index contributed by atoms with van der Waals surface area (Å²) in [6, 6.07) is 84.4. The molecular formula is C57H39N5. The molecule has 0 fully saturated rings. The monoisotopic (exact) mass is 793 g/mol. The number of nitrogens with zero attached hydrogens (tertiary/aromatic N) is 5. The first-order valence-corrected chi connectivity index (χ1v) is 21.1. The van der Waals surface area contributed by atoms with Crippen LogP contribution in [-0.2, 0) is 5.41 Å². The van der Waals surface area contributed by atoms with E-state index in [0.717, 1.165) is 95.9 Å². The summed E-state index contributed by atoms with van der Waals surface area (Å²) in [7, 11) is 0. The van der Waals surface area contributed by atoms with Crippen molar-refractivity contribution in [1.29, 1.82) is 0 Å². The summed E-state index contributed by atoms with van der Waals surface area (Å²) in [5, 5.41) is 0. The normalized spacial score (nSPS) is 12.9. The summed E-state index contributed by atoms with van der Waals surface area (Å²) in [6.45, 7) is 0. The van der Waals surface area contributed by atoms with Crippen molar-refractivity contribution in [2.45, 2.75) is 5.41 Å². The average Bonchev–Trinajstić information content (AvgIpc) is 3.62. The summed E-state index contributed by atoms with van der Waals surface area (Å²) in [4.78, 5) is 18.3. The van der Waals surface area contributed by atoms with E-state index in [-0.39, 0.29) is 0 Å². The highest BCUT2D eigenvalue weighted by atomic mass is 15.2. The third-order valence-corrected chi connectivity index (χ3v) is 12.4. The van der Waals surface area contributed by atoms with E-state index in [1.54, 1.807) is 0 Å². The summed E-state index contributed by atoms with van der Waals surface area (Å²) < 4.78 is 0. The van der Waals surface area contributed by atoms with Gasteiger partial charge in [0.1, 0.15) is 0 Å². The lowest BCUT2D eigenvalue weighted by Gasteiger charge is -2.45. The average molecular weight is 794 g/mol. The lowest BCUT2D eigenvalue weighted by molar-refractivity contribution is 0.726. The summed E-state index contributed by atoms with van der Waals surface area (Å²) in [5.41, 5.74) is 16.8. The van der Waals surface area contributed by atoms with Gasteiger partial charge < -0.3 is 14.7 Å². The second-order valence-corrected chi connectivity index (χ2v) is 15.8. The Bertz CT molecular complexity index is 3030. The first-order valence-electron chi connectivity index (χ1n) is 21.1. The molecule has 1 aliphatic heterocycles. The molecule has 1 aromatic heterocycles. The predicted molar refractivity (Wildman–Crippen MR) is 254 cm³/mol. The van der Waals surface area contributed by atoms with Crippen LogP contribution in [0.15, 0.2) is 237 Å². The van der Waals surface area contributed by atoms with Gasteiger partial charge in [-0.25, -0.2) is 9.97 Å². The van der Waals surface area contributed by atoms with Gasteiger partial charge in [0.2, 0.25) is 0 Å². The third kappa shape index (κ3) is 5.49. The molecule has 1 aliphatic carbocycles. The minimum absolute atomic E-state index is 0.865. The van der Waals surface area contributed by atoms with Gasteiger partial charge in [0.15, 0.2) is 0 Å². The molecule has 5 nitrogen and oxygen atoms in total. The maximum absolute atomic E-state index is 5.72. The van der Waals surface area contributed by atoms with Crippen molar-refractivity contribution < 1.29 is 0 Å². The molecule has 0 amide bonds. The number of benzene rings is 9. The van der Waals surface area contributed by atoms with Crippen LogP contribution in [0.5, 0.6) is 0 Å².